The number of carbonyl (C=O) groups is 1. The first-order chi connectivity index (χ1) is 23.7. The molecule has 7 rings (SSSR count). The molecule has 252 valence electrons. The van der Waals surface area contributed by atoms with Crippen LogP contribution >= 0.6 is 0 Å². The van der Waals surface area contributed by atoms with Crippen molar-refractivity contribution in [3.63, 3.8) is 0 Å². The number of hydrogen-bond donors (Lipinski definition) is 1. The van der Waals surface area contributed by atoms with Crippen molar-refractivity contribution in [2.45, 2.75) is 38.3 Å². The summed E-state index contributed by atoms with van der Waals surface area (Å²) in [4.78, 5) is 28.9. The Labute approximate surface area is 284 Å². The van der Waals surface area contributed by atoms with Gasteiger partial charge in [-0.05, 0) is 55.6 Å². The van der Waals surface area contributed by atoms with Crippen molar-refractivity contribution in [3.05, 3.63) is 83.5 Å². The van der Waals surface area contributed by atoms with Gasteiger partial charge in [0, 0.05) is 56.3 Å². The first kappa shape index (κ1) is 32.5. The van der Waals surface area contributed by atoms with Crippen LogP contribution in [0.5, 0.6) is 11.5 Å². The number of likely N-dealkylation sites (tertiary alicyclic amines) is 1. The Bertz CT molecular complexity index is 1890. The molecule has 5 heterocycles. The number of halogens is 1. The van der Waals surface area contributed by atoms with E-state index in [1.165, 1.54) is 12.4 Å². The molecule has 2 aromatic carbocycles. The predicted molar refractivity (Wildman–Crippen MR) is 181 cm³/mol. The van der Waals surface area contributed by atoms with E-state index in [1.54, 1.807) is 39.9 Å². The Balaban J connectivity index is 1.13. The van der Waals surface area contributed by atoms with Gasteiger partial charge in [-0.1, -0.05) is 28.0 Å². The van der Waals surface area contributed by atoms with Crippen LogP contribution in [-0.2, 0) is 9.53 Å². The van der Waals surface area contributed by atoms with Gasteiger partial charge in [-0.15, -0.1) is 0 Å². The van der Waals surface area contributed by atoms with Crippen LogP contribution in [0.15, 0.2) is 71.6 Å². The zero-order chi connectivity index (χ0) is 34.1. The van der Waals surface area contributed by atoms with Gasteiger partial charge in [-0.2, -0.15) is 10.2 Å². The molecule has 0 unspecified atom stereocenters. The molecular weight excluding hydrogens is 625 g/mol. The van der Waals surface area contributed by atoms with E-state index < -0.39 is 11.4 Å². The van der Waals surface area contributed by atoms with Crippen molar-refractivity contribution in [3.8, 4) is 17.6 Å². The van der Waals surface area contributed by atoms with Crippen molar-refractivity contribution in [1.82, 2.24) is 24.7 Å². The molecule has 0 saturated carbocycles. The molecule has 3 saturated heterocycles. The topological polar surface area (TPSA) is 136 Å². The molecular formula is C36H39FN9O3+. The van der Waals surface area contributed by atoms with E-state index in [0.717, 1.165) is 45.1 Å². The number of nitrogens with zero attached hydrogens (tertiary/aromatic N) is 8. The van der Waals surface area contributed by atoms with E-state index >= 15 is 4.39 Å². The van der Waals surface area contributed by atoms with Crippen LogP contribution < -0.4 is 10.5 Å². The number of fused-ring (bicyclic) bond motifs is 1. The summed E-state index contributed by atoms with van der Waals surface area (Å²) in [6, 6.07) is 16.4. The van der Waals surface area contributed by atoms with Crippen LogP contribution in [-0.4, -0.2) is 111 Å². The Hall–Kier alpha value is -5.03. The van der Waals surface area contributed by atoms with Gasteiger partial charge >= 0.3 is 5.82 Å². The van der Waals surface area contributed by atoms with Gasteiger partial charge in [0.05, 0.1) is 25.8 Å². The smallest absolute Gasteiger partial charge is 0.363 e. The number of nitrogen functional groups attached to an aromatic ring is 1. The predicted octanol–water partition coefficient (Wildman–Crippen LogP) is 3.71. The molecule has 0 spiro atoms. The van der Waals surface area contributed by atoms with Gasteiger partial charge in [0.2, 0.25) is 6.33 Å². The number of rotatable bonds is 7. The van der Waals surface area contributed by atoms with E-state index in [4.69, 9.17) is 20.3 Å². The van der Waals surface area contributed by atoms with Crippen molar-refractivity contribution >= 4 is 29.0 Å². The minimum absolute atomic E-state index is 0.110. The highest BCUT2D eigenvalue weighted by atomic mass is 19.1. The number of amides is 1. The first-order valence-electron chi connectivity index (χ1n) is 16.6. The third-order valence-corrected chi connectivity index (χ3v) is 9.64. The Morgan fingerprint density at radius 2 is 1.88 bits per heavy atom. The number of hydrogen-bond acceptors (Lipinski definition) is 10. The molecule has 1 amide bonds. The van der Waals surface area contributed by atoms with Crippen LogP contribution in [0.1, 0.15) is 37.8 Å². The number of piperazine rings is 1. The van der Waals surface area contributed by atoms with Gasteiger partial charge in [0.25, 0.3) is 5.91 Å². The molecule has 1 aromatic heterocycles. The van der Waals surface area contributed by atoms with Crippen molar-refractivity contribution in [2.75, 3.05) is 58.2 Å². The van der Waals surface area contributed by atoms with E-state index in [2.05, 4.69) is 39.7 Å². The summed E-state index contributed by atoms with van der Waals surface area (Å²) in [5.41, 5.74) is 7.65. The fraction of sp³-hybridized carbons (Fsp3) is 0.389. The highest BCUT2D eigenvalue weighted by Crippen LogP contribution is 2.34. The quantitative estimate of drug-likeness (QED) is 0.228. The largest absolute Gasteiger partial charge is 0.457 e. The number of para-hydroxylation sites is 1. The molecule has 4 aliphatic rings. The molecule has 12 nitrogen and oxygen atoms in total. The van der Waals surface area contributed by atoms with Crippen molar-refractivity contribution in [2.24, 2.45) is 5.10 Å². The van der Waals surface area contributed by atoms with Crippen LogP contribution in [0, 0.1) is 17.1 Å². The maximum atomic E-state index is 15.7. The van der Waals surface area contributed by atoms with Gasteiger partial charge in [-0.25, -0.2) is 4.39 Å². The number of aromatic nitrogens is 2. The monoisotopic (exact) mass is 664 g/mol. The number of nitriles is 1. The van der Waals surface area contributed by atoms with Gasteiger partial charge in [-0.3, -0.25) is 14.6 Å². The second kappa shape index (κ2) is 13.5. The van der Waals surface area contributed by atoms with Gasteiger partial charge in [0.15, 0.2) is 0 Å². The highest BCUT2D eigenvalue weighted by molar-refractivity contribution is 6.18. The molecule has 0 radical (unpaired) electrons. The number of hydrazone groups is 1. The van der Waals surface area contributed by atoms with Crippen LogP contribution in [0.2, 0.25) is 0 Å². The average Bonchev–Trinajstić information content (AvgIpc) is 3.48. The average molecular weight is 665 g/mol. The van der Waals surface area contributed by atoms with Gasteiger partial charge < -0.3 is 20.1 Å². The molecule has 0 aliphatic carbocycles. The molecule has 49 heavy (non-hydrogen) atoms. The second-order valence-electron chi connectivity index (χ2n) is 13.2. The maximum Gasteiger partial charge on any atom is 0.363 e. The number of anilines is 1. The lowest BCUT2D eigenvalue weighted by atomic mass is 9.96. The Morgan fingerprint density at radius 1 is 1.10 bits per heavy atom. The van der Waals surface area contributed by atoms with E-state index in [1.807, 2.05) is 18.2 Å². The molecule has 4 aliphatic heterocycles. The summed E-state index contributed by atoms with van der Waals surface area (Å²) in [6.45, 7) is 9.94. The van der Waals surface area contributed by atoms with E-state index in [9.17, 15) is 10.1 Å². The molecule has 13 heteroatoms. The Morgan fingerprint density at radius 3 is 2.57 bits per heavy atom. The first-order valence-corrected chi connectivity index (χ1v) is 16.6. The summed E-state index contributed by atoms with van der Waals surface area (Å²) < 4.78 is 28.5. The number of benzene rings is 2. The van der Waals surface area contributed by atoms with Crippen LogP contribution in [0.4, 0.5) is 16.0 Å². The maximum absolute atomic E-state index is 15.7. The highest BCUT2D eigenvalue weighted by Gasteiger charge is 2.39. The minimum Gasteiger partial charge on any atom is -0.457 e. The summed E-state index contributed by atoms with van der Waals surface area (Å²) in [6.07, 6.45) is 4.43. The molecule has 3 fully saturated rings. The fourth-order valence-electron chi connectivity index (χ4n) is 6.81. The normalized spacial score (nSPS) is 20.7. The summed E-state index contributed by atoms with van der Waals surface area (Å²) in [5, 5.41) is 15.0. The fourth-order valence-corrected chi connectivity index (χ4v) is 6.81. The van der Waals surface area contributed by atoms with Crippen LogP contribution in [0.25, 0.3) is 0 Å². The molecule has 0 bridgehead atoms. The van der Waals surface area contributed by atoms with Gasteiger partial charge in [0.1, 0.15) is 51.8 Å². The molecule has 0 atom stereocenters. The van der Waals surface area contributed by atoms with Crippen molar-refractivity contribution < 1.29 is 23.3 Å². The van der Waals surface area contributed by atoms with Crippen molar-refractivity contribution in [1.29, 1.82) is 5.26 Å². The molecule has 2 N–H and O–H groups in total. The summed E-state index contributed by atoms with van der Waals surface area (Å²) in [7, 11) is 0. The lowest BCUT2D eigenvalue weighted by molar-refractivity contribution is -0.448. The third kappa shape index (κ3) is 6.55. The SMILES string of the molecule is CC(C)(/C=C(\C#N)C(=O)N1CCC/C(=[N+]2/N=C(c3ccc(Oc4ccccc4)cc3F)c3c(N)ncnc32)C1)N1CCN(C2COC2)CC1. The van der Waals surface area contributed by atoms with E-state index in [-0.39, 0.29) is 35.1 Å². The minimum atomic E-state index is -0.543. The number of ether oxygens (including phenoxy) is 2. The zero-order valence-corrected chi connectivity index (χ0v) is 27.7. The summed E-state index contributed by atoms with van der Waals surface area (Å²) >= 11 is 0. The number of carbonyl (C=O) groups excluding carboxylic acids is 1. The standard InChI is InChI=1S/C36H39FN9O3/c1-36(2,45-15-13-43(14-16-45)26-21-48-22-26)18-24(19-38)35(47)44-12-6-7-25(20-44)46-34-31(33(39)40-23-41-34)32(42-46)29-11-10-28(17-30(29)37)49-27-8-4-3-5-9-27/h3-5,8-11,17-18,23,26H,6-7,12-16,20-22H2,1-2H3,(H2,39,40,41)/q+1/b24-18+,46-25-. The Kier molecular flexibility index (Phi) is 8.94. The summed E-state index contributed by atoms with van der Waals surface area (Å²) in [5.74, 6) is 0.638. The number of nitrogens with two attached hydrogens (primary N) is 1. The number of piperidine rings is 1. The van der Waals surface area contributed by atoms with Crippen LogP contribution in [0.3, 0.4) is 0 Å². The lowest BCUT2D eigenvalue weighted by Crippen LogP contribution is -2.59. The zero-order valence-electron chi connectivity index (χ0n) is 27.7. The lowest BCUT2D eigenvalue weighted by Gasteiger charge is -2.46. The molecule has 3 aromatic rings. The van der Waals surface area contributed by atoms with E-state index in [0.29, 0.717) is 48.3 Å². The second-order valence-corrected chi connectivity index (χ2v) is 13.2. The third-order valence-electron chi connectivity index (χ3n) is 9.64.